The molecule has 1 aromatic carbocycles. The Hall–Kier alpha value is -1.81. The first-order valence-electron chi connectivity index (χ1n) is 7.17. The number of nitrogens with zero attached hydrogens (tertiary/aromatic N) is 3. The number of phenolic OH excluding ortho intramolecular Hbond substituents is 1. The summed E-state index contributed by atoms with van der Waals surface area (Å²) in [6, 6.07) is 8.38. The molecule has 0 spiro atoms. The van der Waals surface area contributed by atoms with Gasteiger partial charge in [0.2, 0.25) is 0 Å². The first kappa shape index (κ1) is 13.2. The van der Waals surface area contributed by atoms with E-state index >= 15 is 0 Å². The van der Waals surface area contributed by atoms with E-state index in [2.05, 4.69) is 34.6 Å². The number of hydrogen-bond acceptors (Lipinski definition) is 3. The van der Waals surface area contributed by atoms with Gasteiger partial charge in [-0.2, -0.15) is 0 Å². The van der Waals surface area contributed by atoms with Crippen LogP contribution in [0.4, 0.5) is 0 Å². The van der Waals surface area contributed by atoms with Crippen LogP contribution >= 0.6 is 0 Å². The van der Waals surface area contributed by atoms with Gasteiger partial charge in [0.1, 0.15) is 11.6 Å². The Labute approximate surface area is 119 Å². The van der Waals surface area contributed by atoms with E-state index in [1.54, 1.807) is 12.1 Å². The van der Waals surface area contributed by atoms with Gasteiger partial charge in [0, 0.05) is 36.6 Å². The van der Waals surface area contributed by atoms with E-state index in [9.17, 15) is 5.11 Å². The molecule has 0 saturated carbocycles. The average Bonchev–Trinajstić information content (AvgIpc) is 2.92. The van der Waals surface area contributed by atoms with Gasteiger partial charge in [-0.25, -0.2) is 4.98 Å². The van der Waals surface area contributed by atoms with Crippen LogP contribution in [-0.2, 0) is 0 Å². The van der Waals surface area contributed by atoms with Gasteiger partial charge in [0.05, 0.1) is 0 Å². The van der Waals surface area contributed by atoms with E-state index in [4.69, 9.17) is 0 Å². The molecule has 0 unspecified atom stereocenters. The molecule has 3 rings (SSSR count). The highest BCUT2D eigenvalue weighted by molar-refractivity contribution is 5.56. The molecule has 0 radical (unpaired) electrons. The van der Waals surface area contributed by atoms with Crippen LogP contribution in [0.2, 0.25) is 0 Å². The van der Waals surface area contributed by atoms with Crippen LogP contribution in [0.15, 0.2) is 36.7 Å². The van der Waals surface area contributed by atoms with Crippen LogP contribution < -0.4 is 0 Å². The van der Waals surface area contributed by atoms with Crippen LogP contribution in [0, 0.1) is 0 Å². The largest absolute Gasteiger partial charge is 0.508 e. The number of aromatic nitrogens is 2. The van der Waals surface area contributed by atoms with Gasteiger partial charge < -0.3 is 14.6 Å². The van der Waals surface area contributed by atoms with Crippen LogP contribution in [0.25, 0.3) is 11.4 Å². The number of benzene rings is 1. The van der Waals surface area contributed by atoms with E-state index in [0.717, 1.165) is 30.8 Å². The second kappa shape index (κ2) is 5.29. The van der Waals surface area contributed by atoms with Gasteiger partial charge in [-0.1, -0.05) is 0 Å². The Morgan fingerprint density at radius 1 is 1.25 bits per heavy atom. The van der Waals surface area contributed by atoms with Gasteiger partial charge in [-0.3, -0.25) is 0 Å². The minimum atomic E-state index is 0.291. The van der Waals surface area contributed by atoms with Crippen molar-refractivity contribution in [2.24, 2.45) is 0 Å². The fourth-order valence-corrected chi connectivity index (χ4v) is 2.96. The summed E-state index contributed by atoms with van der Waals surface area (Å²) in [7, 11) is 2.19. The molecule has 20 heavy (non-hydrogen) atoms. The Bertz CT molecular complexity index is 576. The van der Waals surface area contributed by atoms with Crippen molar-refractivity contribution in [1.29, 1.82) is 0 Å². The lowest BCUT2D eigenvalue weighted by molar-refractivity contribution is 0.157. The third kappa shape index (κ3) is 2.43. The van der Waals surface area contributed by atoms with Crippen molar-refractivity contribution in [3.8, 4) is 17.1 Å². The van der Waals surface area contributed by atoms with E-state index in [-0.39, 0.29) is 0 Å². The topological polar surface area (TPSA) is 41.3 Å². The summed E-state index contributed by atoms with van der Waals surface area (Å²) in [5.41, 5.74) is 1.05. The Balaban J connectivity index is 1.88. The summed E-state index contributed by atoms with van der Waals surface area (Å²) in [4.78, 5) is 6.91. The molecule has 0 amide bonds. The molecule has 106 valence electrons. The van der Waals surface area contributed by atoms with Crippen molar-refractivity contribution in [1.82, 2.24) is 14.5 Å². The van der Waals surface area contributed by atoms with Crippen LogP contribution in [0.5, 0.6) is 5.75 Å². The summed E-state index contributed by atoms with van der Waals surface area (Å²) in [6.07, 6.45) is 6.25. The van der Waals surface area contributed by atoms with Crippen LogP contribution in [-0.4, -0.2) is 39.2 Å². The number of rotatable bonds is 2. The van der Waals surface area contributed by atoms with Gasteiger partial charge in [0.25, 0.3) is 0 Å². The van der Waals surface area contributed by atoms with Crippen LogP contribution in [0.1, 0.15) is 25.8 Å². The van der Waals surface area contributed by atoms with Crippen molar-refractivity contribution in [2.45, 2.75) is 31.8 Å². The smallest absolute Gasteiger partial charge is 0.140 e. The van der Waals surface area contributed by atoms with Gasteiger partial charge in [-0.15, -0.1) is 0 Å². The third-order valence-corrected chi connectivity index (χ3v) is 4.37. The van der Waals surface area contributed by atoms with E-state index in [0.29, 0.717) is 17.8 Å². The normalized spacial score (nSPS) is 23.9. The van der Waals surface area contributed by atoms with Crippen molar-refractivity contribution in [3.63, 3.8) is 0 Å². The molecule has 0 aliphatic carbocycles. The molecule has 4 nitrogen and oxygen atoms in total. The van der Waals surface area contributed by atoms with E-state index < -0.39 is 0 Å². The second-order valence-electron chi connectivity index (χ2n) is 5.71. The maximum atomic E-state index is 9.40. The van der Waals surface area contributed by atoms with E-state index in [1.165, 1.54) is 0 Å². The Kier molecular flexibility index (Phi) is 3.49. The molecule has 1 fully saturated rings. The number of imidazole rings is 1. The SMILES string of the molecule is C[C@@H]1C[C@H](n2ccnc2-c2ccc(O)cc2)CCN1C. The predicted molar refractivity (Wildman–Crippen MR) is 79.7 cm³/mol. The fraction of sp³-hybridized carbons (Fsp3) is 0.438. The molecular formula is C16H21N3O. The van der Waals surface area contributed by atoms with Crippen molar-refractivity contribution >= 4 is 0 Å². The van der Waals surface area contributed by atoms with E-state index in [1.807, 2.05) is 18.3 Å². The zero-order valence-corrected chi connectivity index (χ0v) is 12.0. The Morgan fingerprint density at radius 2 is 2.00 bits per heavy atom. The molecule has 2 aromatic rings. The summed E-state index contributed by atoms with van der Waals surface area (Å²) in [5, 5.41) is 9.40. The zero-order chi connectivity index (χ0) is 14.1. The van der Waals surface area contributed by atoms with Crippen LogP contribution in [0.3, 0.4) is 0 Å². The zero-order valence-electron chi connectivity index (χ0n) is 12.0. The number of hydrogen-bond donors (Lipinski definition) is 1. The number of likely N-dealkylation sites (tertiary alicyclic amines) is 1. The highest BCUT2D eigenvalue weighted by atomic mass is 16.3. The summed E-state index contributed by atoms with van der Waals surface area (Å²) < 4.78 is 2.29. The molecule has 1 N–H and O–H groups in total. The molecule has 1 aliphatic heterocycles. The highest BCUT2D eigenvalue weighted by Gasteiger charge is 2.25. The van der Waals surface area contributed by atoms with Gasteiger partial charge in [-0.05, 0) is 51.1 Å². The molecule has 1 saturated heterocycles. The summed E-state index contributed by atoms with van der Waals surface area (Å²) in [5.74, 6) is 1.28. The molecule has 1 aromatic heterocycles. The molecular weight excluding hydrogens is 250 g/mol. The summed E-state index contributed by atoms with van der Waals surface area (Å²) >= 11 is 0. The first-order valence-corrected chi connectivity index (χ1v) is 7.17. The molecule has 2 atom stereocenters. The van der Waals surface area contributed by atoms with Gasteiger partial charge in [0.15, 0.2) is 0 Å². The number of phenols is 1. The minimum Gasteiger partial charge on any atom is -0.508 e. The monoisotopic (exact) mass is 271 g/mol. The maximum Gasteiger partial charge on any atom is 0.140 e. The number of piperidine rings is 1. The van der Waals surface area contributed by atoms with Crippen molar-refractivity contribution in [2.75, 3.05) is 13.6 Å². The average molecular weight is 271 g/mol. The maximum absolute atomic E-state index is 9.40. The lowest BCUT2D eigenvalue weighted by Gasteiger charge is -2.36. The highest BCUT2D eigenvalue weighted by Crippen LogP contribution is 2.30. The first-order chi connectivity index (χ1) is 9.65. The third-order valence-electron chi connectivity index (χ3n) is 4.37. The van der Waals surface area contributed by atoms with Crippen molar-refractivity contribution in [3.05, 3.63) is 36.7 Å². The molecule has 4 heteroatoms. The fourth-order valence-electron chi connectivity index (χ4n) is 2.96. The minimum absolute atomic E-state index is 0.291. The van der Waals surface area contributed by atoms with Crippen molar-refractivity contribution < 1.29 is 5.11 Å². The Morgan fingerprint density at radius 3 is 2.70 bits per heavy atom. The standard InChI is InChI=1S/C16H21N3O/c1-12-11-14(7-9-18(12)2)19-10-8-17-16(19)13-3-5-15(20)6-4-13/h3-6,8,10,12,14,20H,7,9,11H2,1-2H3/t12-,14-/m1/s1. The molecule has 2 heterocycles. The quantitative estimate of drug-likeness (QED) is 0.913. The lowest BCUT2D eigenvalue weighted by atomic mass is 9.98. The summed E-state index contributed by atoms with van der Waals surface area (Å²) in [6.45, 7) is 3.41. The lowest BCUT2D eigenvalue weighted by Crippen LogP contribution is -2.38. The predicted octanol–water partition coefficient (Wildman–Crippen LogP) is 2.91. The molecule has 1 aliphatic rings. The second-order valence-corrected chi connectivity index (χ2v) is 5.71. The molecule has 0 bridgehead atoms. The van der Waals surface area contributed by atoms with Gasteiger partial charge >= 0.3 is 0 Å². The number of aromatic hydroxyl groups is 1.